The maximum atomic E-state index is 13.4. The fraction of sp³-hybridized carbons (Fsp3) is 0.200. The summed E-state index contributed by atoms with van der Waals surface area (Å²) < 4.78 is 46.5. The van der Waals surface area contributed by atoms with Crippen LogP contribution in [0.3, 0.4) is 0 Å². The molecule has 0 saturated carbocycles. The van der Waals surface area contributed by atoms with Gasteiger partial charge in [-0.25, -0.2) is 9.69 Å². The summed E-state index contributed by atoms with van der Waals surface area (Å²) in [5.74, 6) is -1.07. The molecule has 1 unspecified atom stereocenters. The first-order valence-corrected chi connectivity index (χ1v) is 10.9. The Kier molecular flexibility index (Phi) is 7.00. The standard InChI is InChI=1S/C25H21F3N4O5/c1-29-23(34)22(19-11-12-30-13-20(19)15-3-7-17(36-2)8-4-15)31-14-21(33)32(24(31)35)16-5-9-18(10-6-16)37-25(26,27)28/h3-13,22H,14H2,1-2H3,(H,29,34). The number of hydrogen-bond donors (Lipinski definition) is 1. The smallest absolute Gasteiger partial charge is 0.497 e. The molecule has 1 fully saturated rings. The lowest BCUT2D eigenvalue weighted by molar-refractivity contribution is -0.274. The minimum absolute atomic E-state index is 0.0350. The number of carbonyl (C=O) groups is 3. The summed E-state index contributed by atoms with van der Waals surface area (Å²) in [6.07, 6.45) is -1.87. The van der Waals surface area contributed by atoms with E-state index in [2.05, 4.69) is 15.0 Å². The van der Waals surface area contributed by atoms with Crippen LogP contribution in [-0.2, 0) is 9.59 Å². The molecule has 4 amide bonds. The fourth-order valence-corrected chi connectivity index (χ4v) is 4.02. The molecule has 0 radical (unpaired) electrons. The molecule has 37 heavy (non-hydrogen) atoms. The molecule has 1 aliphatic heterocycles. The Hall–Kier alpha value is -4.61. The molecule has 1 aromatic heterocycles. The van der Waals surface area contributed by atoms with Gasteiger partial charge >= 0.3 is 12.4 Å². The summed E-state index contributed by atoms with van der Waals surface area (Å²) in [6.45, 7) is -0.428. The molecule has 9 nitrogen and oxygen atoms in total. The number of pyridine rings is 1. The van der Waals surface area contributed by atoms with E-state index in [1.165, 1.54) is 20.4 Å². The number of likely N-dealkylation sites (N-methyl/N-ethyl adjacent to an activating group) is 1. The summed E-state index contributed by atoms with van der Waals surface area (Å²) in [5, 5.41) is 2.53. The molecule has 0 aliphatic carbocycles. The molecule has 12 heteroatoms. The topological polar surface area (TPSA) is 101 Å². The molecule has 1 saturated heterocycles. The van der Waals surface area contributed by atoms with Gasteiger partial charge in [-0.1, -0.05) is 12.1 Å². The van der Waals surface area contributed by atoms with Gasteiger partial charge in [0.2, 0.25) is 5.91 Å². The monoisotopic (exact) mass is 514 g/mol. The number of carbonyl (C=O) groups excluding carboxylic acids is 3. The zero-order valence-corrected chi connectivity index (χ0v) is 19.7. The first-order chi connectivity index (χ1) is 17.6. The summed E-state index contributed by atoms with van der Waals surface area (Å²) in [5.41, 5.74) is 1.73. The first kappa shape index (κ1) is 25.5. The molecule has 1 atom stereocenters. The van der Waals surface area contributed by atoms with Crippen molar-refractivity contribution in [2.75, 3.05) is 25.6 Å². The Bertz CT molecular complexity index is 1310. The van der Waals surface area contributed by atoms with Gasteiger partial charge in [0.1, 0.15) is 24.1 Å². The van der Waals surface area contributed by atoms with Crippen LogP contribution in [0.25, 0.3) is 11.1 Å². The number of imide groups is 1. The van der Waals surface area contributed by atoms with E-state index < -0.39 is 42.5 Å². The Labute approximate surface area is 209 Å². The third kappa shape index (κ3) is 5.32. The van der Waals surface area contributed by atoms with Crippen LogP contribution in [0.2, 0.25) is 0 Å². The molecule has 0 bridgehead atoms. The summed E-state index contributed by atoms with van der Waals surface area (Å²) in [4.78, 5) is 45.4. The van der Waals surface area contributed by atoms with Crippen molar-refractivity contribution in [2.24, 2.45) is 0 Å². The Balaban J connectivity index is 1.69. The van der Waals surface area contributed by atoms with Gasteiger partial charge in [-0.3, -0.25) is 19.5 Å². The molecule has 1 aliphatic rings. The Morgan fingerprint density at radius 2 is 1.68 bits per heavy atom. The van der Waals surface area contributed by atoms with E-state index in [1.54, 1.807) is 36.5 Å². The van der Waals surface area contributed by atoms with Crippen LogP contribution in [0.5, 0.6) is 11.5 Å². The SMILES string of the molecule is CNC(=O)C(c1ccncc1-c1ccc(OC)cc1)N1CC(=O)N(c2ccc(OC(F)(F)F)cc2)C1=O. The molecule has 192 valence electrons. The second kappa shape index (κ2) is 10.2. The van der Waals surface area contributed by atoms with Gasteiger partial charge in [0.05, 0.1) is 12.8 Å². The highest BCUT2D eigenvalue weighted by Crippen LogP contribution is 2.35. The van der Waals surface area contributed by atoms with E-state index in [4.69, 9.17) is 4.74 Å². The van der Waals surface area contributed by atoms with Gasteiger partial charge in [-0.15, -0.1) is 13.2 Å². The minimum atomic E-state index is -4.88. The number of amides is 4. The van der Waals surface area contributed by atoms with E-state index in [-0.39, 0.29) is 5.69 Å². The number of alkyl halides is 3. The number of benzene rings is 2. The number of nitrogens with one attached hydrogen (secondary N) is 1. The number of aromatic nitrogens is 1. The summed E-state index contributed by atoms with van der Waals surface area (Å²) >= 11 is 0. The van der Waals surface area contributed by atoms with Gasteiger partial charge in [-0.05, 0) is 53.6 Å². The molecule has 4 rings (SSSR count). The van der Waals surface area contributed by atoms with Crippen LogP contribution in [0, 0.1) is 0 Å². The number of rotatable bonds is 7. The lowest BCUT2D eigenvalue weighted by Gasteiger charge is -2.27. The van der Waals surface area contributed by atoms with Crippen molar-refractivity contribution < 1.29 is 37.0 Å². The highest BCUT2D eigenvalue weighted by molar-refractivity contribution is 6.20. The molecule has 1 N–H and O–H groups in total. The predicted molar refractivity (Wildman–Crippen MR) is 126 cm³/mol. The third-order valence-corrected chi connectivity index (χ3v) is 5.68. The number of hydrogen-bond acceptors (Lipinski definition) is 6. The summed E-state index contributed by atoms with van der Waals surface area (Å²) in [7, 11) is 2.94. The Morgan fingerprint density at radius 3 is 2.27 bits per heavy atom. The second-order valence-corrected chi connectivity index (χ2v) is 7.89. The maximum Gasteiger partial charge on any atom is 0.573 e. The Morgan fingerprint density at radius 1 is 1.03 bits per heavy atom. The van der Waals surface area contributed by atoms with Crippen molar-refractivity contribution in [3.63, 3.8) is 0 Å². The molecule has 3 aromatic rings. The molecule has 0 spiro atoms. The lowest BCUT2D eigenvalue weighted by Crippen LogP contribution is -2.42. The molecule has 2 heterocycles. The maximum absolute atomic E-state index is 13.4. The highest BCUT2D eigenvalue weighted by Gasteiger charge is 2.44. The van der Waals surface area contributed by atoms with Crippen molar-refractivity contribution in [2.45, 2.75) is 12.4 Å². The molecular formula is C25H21F3N4O5. The largest absolute Gasteiger partial charge is 0.573 e. The number of nitrogens with zero attached hydrogens (tertiary/aromatic N) is 3. The van der Waals surface area contributed by atoms with Crippen LogP contribution in [0.15, 0.2) is 67.0 Å². The van der Waals surface area contributed by atoms with Crippen LogP contribution in [0.4, 0.5) is 23.7 Å². The minimum Gasteiger partial charge on any atom is -0.497 e. The summed E-state index contributed by atoms with van der Waals surface area (Å²) in [6, 6.07) is 10.9. The van der Waals surface area contributed by atoms with Crippen LogP contribution < -0.4 is 19.7 Å². The van der Waals surface area contributed by atoms with Crippen LogP contribution in [-0.4, -0.2) is 54.8 Å². The first-order valence-electron chi connectivity index (χ1n) is 10.9. The van der Waals surface area contributed by atoms with Gasteiger partial charge in [0.25, 0.3) is 5.91 Å². The van der Waals surface area contributed by atoms with E-state index in [0.717, 1.165) is 34.1 Å². The molecule has 2 aromatic carbocycles. The zero-order chi connectivity index (χ0) is 26.7. The number of methoxy groups -OCH3 is 1. The van der Waals surface area contributed by atoms with E-state index in [1.807, 2.05) is 0 Å². The van der Waals surface area contributed by atoms with Crippen molar-refractivity contribution in [3.8, 4) is 22.6 Å². The molecular weight excluding hydrogens is 493 g/mol. The van der Waals surface area contributed by atoms with Crippen molar-refractivity contribution >= 4 is 23.5 Å². The van der Waals surface area contributed by atoms with Crippen molar-refractivity contribution in [3.05, 3.63) is 72.6 Å². The number of ether oxygens (including phenoxy) is 2. The average molecular weight is 514 g/mol. The number of urea groups is 1. The van der Waals surface area contributed by atoms with Crippen LogP contribution >= 0.6 is 0 Å². The highest BCUT2D eigenvalue weighted by atomic mass is 19.4. The zero-order valence-electron chi connectivity index (χ0n) is 19.7. The van der Waals surface area contributed by atoms with Crippen molar-refractivity contribution in [1.29, 1.82) is 0 Å². The van der Waals surface area contributed by atoms with E-state index in [9.17, 15) is 27.6 Å². The fourth-order valence-electron chi connectivity index (χ4n) is 4.02. The normalized spacial score (nSPS) is 14.5. The van der Waals surface area contributed by atoms with Gasteiger partial charge < -0.3 is 14.8 Å². The van der Waals surface area contributed by atoms with E-state index >= 15 is 0 Å². The van der Waals surface area contributed by atoms with Gasteiger partial charge in [0, 0.05) is 25.0 Å². The van der Waals surface area contributed by atoms with E-state index in [0.29, 0.717) is 22.4 Å². The van der Waals surface area contributed by atoms with Gasteiger partial charge in [-0.2, -0.15) is 0 Å². The lowest BCUT2D eigenvalue weighted by atomic mass is 9.95. The predicted octanol–water partition coefficient (Wildman–Crippen LogP) is 3.91. The second-order valence-electron chi connectivity index (χ2n) is 7.89. The quantitative estimate of drug-likeness (QED) is 0.480. The number of anilines is 1. The van der Waals surface area contributed by atoms with Gasteiger partial charge in [0.15, 0.2) is 0 Å². The average Bonchev–Trinajstić information content (AvgIpc) is 3.17. The third-order valence-electron chi connectivity index (χ3n) is 5.68. The van der Waals surface area contributed by atoms with Crippen LogP contribution in [0.1, 0.15) is 11.6 Å². The number of halogens is 3. The van der Waals surface area contributed by atoms with Crippen molar-refractivity contribution in [1.82, 2.24) is 15.2 Å².